The normalized spacial score (nSPS) is 19.6. The molecular formula is C18H23N5O3. The molecule has 2 aromatic heterocycles. The summed E-state index contributed by atoms with van der Waals surface area (Å²) in [7, 11) is 0. The topological polar surface area (TPSA) is 82.4 Å². The number of piperidine rings is 1. The van der Waals surface area contributed by atoms with Crippen molar-refractivity contribution in [3.63, 3.8) is 0 Å². The smallest absolute Gasteiger partial charge is 0.316 e. The fourth-order valence-corrected chi connectivity index (χ4v) is 3.34. The number of carbonyl (C=O) groups is 1. The van der Waals surface area contributed by atoms with Crippen LogP contribution >= 0.6 is 0 Å². The van der Waals surface area contributed by atoms with Gasteiger partial charge in [0.25, 0.3) is 5.91 Å². The van der Waals surface area contributed by atoms with E-state index in [1.54, 1.807) is 23.3 Å². The van der Waals surface area contributed by atoms with Gasteiger partial charge >= 0.3 is 6.01 Å². The van der Waals surface area contributed by atoms with Crippen molar-refractivity contribution in [1.82, 2.24) is 24.6 Å². The maximum atomic E-state index is 12.9. The zero-order chi connectivity index (χ0) is 17.9. The summed E-state index contributed by atoms with van der Waals surface area (Å²) in [4.78, 5) is 23.2. The molecule has 4 heterocycles. The number of nitrogens with zero attached hydrogens (tertiary/aromatic N) is 5. The Kier molecular flexibility index (Phi) is 4.73. The van der Waals surface area contributed by atoms with E-state index in [0.717, 1.165) is 37.8 Å². The van der Waals surface area contributed by atoms with Gasteiger partial charge in [-0.1, -0.05) is 6.92 Å². The Bertz CT molecular complexity index is 774. The van der Waals surface area contributed by atoms with Crippen molar-refractivity contribution >= 4 is 5.91 Å². The van der Waals surface area contributed by atoms with E-state index in [1.807, 2.05) is 4.90 Å². The highest BCUT2D eigenvalue weighted by Gasteiger charge is 2.30. The number of ether oxygens (including phenoxy) is 2. The minimum atomic E-state index is -0.104. The predicted octanol–water partition coefficient (Wildman–Crippen LogP) is 1.70. The molecule has 1 saturated heterocycles. The SMILES string of the molecule is CCc1cnc(OC2CCCN(C(=O)c3cnn4c3OCCC4)C2)nc1. The van der Waals surface area contributed by atoms with Crippen molar-refractivity contribution < 1.29 is 14.3 Å². The van der Waals surface area contributed by atoms with Gasteiger partial charge in [-0.3, -0.25) is 4.79 Å². The molecule has 26 heavy (non-hydrogen) atoms. The van der Waals surface area contributed by atoms with Crippen LogP contribution in [0.2, 0.25) is 0 Å². The molecule has 0 aromatic carbocycles. The molecule has 0 aliphatic carbocycles. The summed E-state index contributed by atoms with van der Waals surface area (Å²) in [6.45, 7) is 4.70. The van der Waals surface area contributed by atoms with Crippen LogP contribution in [0.25, 0.3) is 0 Å². The number of likely N-dealkylation sites (tertiary alicyclic amines) is 1. The Labute approximate surface area is 152 Å². The number of fused-ring (bicyclic) bond motifs is 1. The molecule has 1 unspecified atom stereocenters. The molecule has 4 rings (SSSR count). The van der Waals surface area contributed by atoms with Crippen LogP contribution in [-0.4, -0.2) is 56.4 Å². The molecule has 2 aromatic rings. The molecule has 1 amide bonds. The van der Waals surface area contributed by atoms with Crippen LogP contribution in [0.1, 0.15) is 42.1 Å². The first-order valence-electron chi connectivity index (χ1n) is 9.20. The van der Waals surface area contributed by atoms with Crippen LogP contribution < -0.4 is 9.47 Å². The molecule has 1 fully saturated rings. The molecule has 0 N–H and O–H groups in total. The Hall–Kier alpha value is -2.64. The lowest BCUT2D eigenvalue weighted by Gasteiger charge is -2.32. The summed E-state index contributed by atoms with van der Waals surface area (Å²) in [6, 6.07) is 0.368. The Morgan fingerprint density at radius 3 is 2.92 bits per heavy atom. The van der Waals surface area contributed by atoms with Gasteiger partial charge in [0.05, 0.1) is 19.3 Å². The number of amides is 1. The monoisotopic (exact) mass is 357 g/mol. The summed E-state index contributed by atoms with van der Waals surface area (Å²) in [5, 5.41) is 4.27. The van der Waals surface area contributed by atoms with Crippen LogP contribution in [0.3, 0.4) is 0 Å². The van der Waals surface area contributed by atoms with Crippen LogP contribution in [0, 0.1) is 0 Å². The van der Waals surface area contributed by atoms with Gasteiger partial charge in [-0.2, -0.15) is 5.10 Å². The first-order chi connectivity index (χ1) is 12.7. The lowest BCUT2D eigenvalue weighted by atomic mass is 10.1. The Morgan fingerprint density at radius 2 is 2.12 bits per heavy atom. The standard InChI is InChI=1S/C18H23N5O3/c1-2-13-9-19-18(20-10-13)26-14-5-3-6-22(12-14)16(24)15-11-21-23-7-4-8-25-17(15)23/h9-11,14H,2-8,12H2,1H3. The van der Waals surface area contributed by atoms with E-state index < -0.39 is 0 Å². The molecular weight excluding hydrogens is 334 g/mol. The van der Waals surface area contributed by atoms with E-state index in [4.69, 9.17) is 9.47 Å². The summed E-state index contributed by atoms with van der Waals surface area (Å²) in [6.07, 6.45) is 8.64. The van der Waals surface area contributed by atoms with E-state index in [0.29, 0.717) is 37.2 Å². The van der Waals surface area contributed by atoms with Crippen LogP contribution in [-0.2, 0) is 13.0 Å². The van der Waals surface area contributed by atoms with Gasteiger partial charge in [0.15, 0.2) is 0 Å². The van der Waals surface area contributed by atoms with E-state index in [-0.39, 0.29) is 12.0 Å². The zero-order valence-corrected chi connectivity index (χ0v) is 14.9. The predicted molar refractivity (Wildman–Crippen MR) is 93.3 cm³/mol. The number of rotatable bonds is 4. The number of hydrogen-bond donors (Lipinski definition) is 0. The van der Waals surface area contributed by atoms with Crippen molar-refractivity contribution in [2.45, 2.75) is 45.3 Å². The van der Waals surface area contributed by atoms with Gasteiger partial charge in [0, 0.05) is 31.9 Å². The average molecular weight is 357 g/mol. The zero-order valence-electron chi connectivity index (χ0n) is 14.9. The highest BCUT2D eigenvalue weighted by atomic mass is 16.5. The van der Waals surface area contributed by atoms with Gasteiger partial charge in [-0.05, 0) is 24.8 Å². The minimum absolute atomic E-state index is 0.0521. The summed E-state index contributed by atoms with van der Waals surface area (Å²) >= 11 is 0. The van der Waals surface area contributed by atoms with Gasteiger partial charge in [0.2, 0.25) is 5.88 Å². The van der Waals surface area contributed by atoms with Crippen LogP contribution in [0.4, 0.5) is 0 Å². The van der Waals surface area contributed by atoms with E-state index in [9.17, 15) is 4.79 Å². The van der Waals surface area contributed by atoms with E-state index in [1.165, 1.54) is 0 Å². The third kappa shape index (κ3) is 3.36. The molecule has 1 atom stereocenters. The largest absolute Gasteiger partial charge is 0.477 e. The molecule has 0 saturated carbocycles. The summed E-state index contributed by atoms with van der Waals surface area (Å²) in [5.74, 6) is 0.534. The van der Waals surface area contributed by atoms with Crippen molar-refractivity contribution in [2.24, 2.45) is 0 Å². The molecule has 8 nitrogen and oxygen atoms in total. The second-order valence-corrected chi connectivity index (χ2v) is 6.65. The molecule has 2 aliphatic heterocycles. The summed E-state index contributed by atoms with van der Waals surface area (Å²) in [5.41, 5.74) is 1.61. The molecule has 0 radical (unpaired) electrons. The van der Waals surface area contributed by atoms with Crippen molar-refractivity contribution in [3.8, 4) is 11.9 Å². The summed E-state index contributed by atoms with van der Waals surface area (Å²) < 4.78 is 13.3. The third-order valence-electron chi connectivity index (χ3n) is 4.80. The molecule has 8 heteroatoms. The quantitative estimate of drug-likeness (QED) is 0.828. The van der Waals surface area contributed by atoms with Gasteiger partial charge in [-0.15, -0.1) is 0 Å². The van der Waals surface area contributed by atoms with Crippen LogP contribution in [0.5, 0.6) is 11.9 Å². The second kappa shape index (κ2) is 7.31. The minimum Gasteiger partial charge on any atom is -0.477 e. The highest BCUT2D eigenvalue weighted by molar-refractivity contribution is 5.96. The fourth-order valence-electron chi connectivity index (χ4n) is 3.34. The van der Waals surface area contributed by atoms with Crippen molar-refractivity contribution in [1.29, 1.82) is 0 Å². The van der Waals surface area contributed by atoms with E-state index in [2.05, 4.69) is 22.0 Å². The first-order valence-corrected chi connectivity index (χ1v) is 9.20. The average Bonchev–Trinajstić information content (AvgIpc) is 3.12. The Balaban J connectivity index is 1.42. The van der Waals surface area contributed by atoms with Gasteiger partial charge < -0.3 is 14.4 Å². The first kappa shape index (κ1) is 16.8. The van der Waals surface area contributed by atoms with Gasteiger partial charge in [0.1, 0.15) is 11.7 Å². The lowest BCUT2D eigenvalue weighted by molar-refractivity contribution is 0.0510. The number of hydrogen-bond acceptors (Lipinski definition) is 6. The molecule has 0 spiro atoms. The van der Waals surface area contributed by atoms with E-state index >= 15 is 0 Å². The number of aromatic nitrogens is 4. The van der Waals surface area contributed by atoms with Gasteiger partial charge in [-0.25, -0.2) is 14.6 Å². The fraction of sp³-hybridized carbons (Fsp3) is 0.556. The highest BCUT2D eigenvalue weighted by Crippen LogP contribution is 2.25. The van der Waals surface area contributed by atoms with Crippen molar-refractivity contribution in [2.75, 3.05) is 19.7 Å². The second-order valence-electron chi connectivity index (χ2n) is 6.65. The maximum Gasteiger partial charge on any atom is 0.316 e. The molecule has 2 aliphatic rings. The maximum absolute atomic E-state index is 12.9. The number of carbonyl (C=O) groups excluding carboxylic acids is 1. The molecule has 0 bridgehead atoms. The van der Waals surface area contributed by atoms with Crippen molar-refractivity contribution in [3.05, 3.63) is 29.7 Å². The number of aryl methyl sites for hydroxylation is 2. The Morgan fingerprint density at radius 1 is 1.27 bits per heavy atom. The third-order valence-corrected chi connectivity index (χ3v) is 4.80. The van der Waals surface area contributed by atoms with Crippen LogP contribution in [0.15, 0.2) is 18.6 Å². The lowest BCUT2D eigenvalue weighted by Crippen LogP contribution is -2.44. The molecule has 138 valence electrons.